The summed E-state index contributed by atoms with van der Waals surface area (Å²) in [5, 5.41) is 0.394. The number of ether oxygens (including phenoxy) is 1. The highest BCUT2D eigenvalue weighted by atomic mass is 35.5. The van der Waals surface area contributed by atoms with Crippen LogP contribution in [0, 0.1) is 0 Å². The van der Waals surface area contributed by atoms with Gasteiger partial charge in [-0.1, -0.05) is 29.8 Å². The fraction of sp³-hybridized carbons (Fsp3) is 0.0526. The number of sulfonamides is 1. The van der Waals surface area contributed by atoms with Crippen LogP contribution in [0.3, 0.4) is 0 Å². The van der Waals surface area contributed by atoms with E-state index in [1.807, 2.05) is 0 Å². The molecular weight excluding hydrogens is 415 g/mol. The Kier molecular flexibility index (Phi) is 5.53. The number of hydrogen-bond donors (Lipinski definition) is 1. The second-order valence-corrected chi connectivity index (χ2v) is 7.78. The maximum atomic E-state index is 12.8. The molecule has 0 saturated heterocycles. The lowest BCUT2D eigenvalue weighted by atomic mass is 10.2. The van der Waals surface area contributed by atoms with Crippen LogP contribution >= 0.6 is 11.6 Å². The predicted octanol–water partition coefficient (Wildman–Crippen LogP) is 5.95. The van der Waals surface area contributed by atoms with Gasteiger partial charge in [0.1, 0.15) is 11.5 Å². The summed E-state index contributed by atoms with van der Waals surface area (Å²) in [6.07, 6.45) is -4.57. The molecule has 0 spiro atoms. The molecule has 4 nitrogen and oxygen atoms in total. The number of halogens is 4. The molecule has 3 aromatic carbocycles. The molecule has 0 aliphatic heterocycles. The van der Waals surface area contributed by atoms with Crippen LogP contribution < -0.4 is 9.46 Å². The first-order valence-corrected chi connectivity index (χ1v) is 9.74. The van der Waals surface area contributed by atoms with E-state index in [1.165, 1.54) is 30.3 Å². The van der Waals surface area contributed by atoms with Gasteiger partial charge in [0.15, 0.2) is 0 Å². The van der Waals surface area contributed by atoms with Gasteiger partial charge in [-0.2, -0.15) is 13.2 Å². The third-order valence-corrected chi connectivity index (χ3v) is 5.35. The van der Waals surface area contributed by atoms with Gasteiger partial charge in [0.05, 0.1) is 15.5 Å². The normalized spacial score (nSPS) is 11.9. The molecule has 28 heavy (non-hydrogen) atoms. The summed E-state index contributed by atoms with van der Waals surface area (Å²) in [4.78, 5) is -0.128. The van der Waals surface area contributed by atoms with Gasteiger partial charge in [0, 0.05) is 5.69 Å². The molecule has 0 fully saturated rings. The molecule has 0 atom stereocenters. The summed E-state index contributed by atoms with van der Waals surface area (Å²) in [7, 11) is -4.07. The molecule has 1 N–H and O–H groups in total. The maximum Gasteiger partial charge on any atom is 0.416 e. The smallest absolute Gasteiger partial charge is 0.416 e. The predicted molar refractivity (Wildman–Crippen MR) is 100 cm³/mol. The van der Waals surface area contributed by atoms with Crippen molar-refractivity contribution in [2.45, 2.75) is 11.1 Å². The topological polar surface area (TPSA) is 55.4 Å². The first-order chi connectivity index (χ1) is 13.1. The standard InChI is InChI=1S/C19H13ClF3NO3S/c20-17-6-1-2-7-18(17)27-15-8-10-16(11-9-15)28(25,26)24-14-5-3-4-13(12-14)19(21,22)23/h1-12,24H. The van der Waals surface area contributed by atoms with Gasteiger partial charge in [-0.3, -0.25) is 4.72 Å². The van der Waals surface area contributed by atoms with Crippen LogP contribution in [0.1, 0.15) is 5.56 Å². The van der Waals surface area contributed by atoms with E-state index in [0.29, 0.717) is 16.5 Å². The van der Waals surface area contributed by atoms with Gasteiger partial charge in [0.2, 0.25) is 0 Å². The molecule has 0 amide bonds. The molecule has 0 unspecified atom stereocenters. The third kappa shape index (κ3) is 4.76. The molecule has 0 heterocycles. The average molecular weight is 428 g/mol. The molecule has 3 rings (SSSR count). The Hall–Kier alpha value is -2.71. The van der Waals surface area contributed by atoms with Crippen molar-refractivity contribution in [2.75, 3.05) is 4.72 Å². The van der Waals surface area contributed by atoms with Crippen LogP contribution in [0.15, 0.2) is 77.7 Å². The van der Waals surface area contributed by atoms with E-state index in [0.717, 1.165) is 18.2 Å². The number of nitrogens with one attached hydrogen (secondary N) is 1. The lowest BCUT2D eigenvalue weighted by Crippen LogP contribution is -2.14. The number of anilines is 1. The largest absolute Gasteiger partial charge is 0.456 e. The summed E-state index contributed by atoms with van der Waals surface area (Å²) < 4.78 is 70.9. The van der Waals surface area contributed by atoms with Gasteiger partial charge in [-0.15, -0.1) is 0 Å². The fourth-order valence-electron chi connectivity index (χ4n) is 2.31. The Balaban J connectivity index is 1.78. The number of hydrogen-bond acceptors (Lipinski definition) is 3. The number of rotatable bonds is 5. The highest BCUT2D eigenvalue weighted by molar-refractivity contribution is 7.92. The first-order valence-electron chi connectivity index (χ1n) is 7.88. The van der Waals surface area contributed by atoms with Crippen LogP contribution in [-0.2, 0) is 16.2 Å². The van der Waals surface area contributed by atoms with E-state index in [9.17, 15) is 21.6 Å². The highest BCUT2D eigenvalue weighted by Crippen LogP contribution is 2.32. The van der Waals surface area contributed by atoms with Crippen molar-refractivity contribution in [1.29, 1.82) is 0 Å². The first kappa shape index (κ1) is 20.0. The third-order valence-electron chi connectivity index (χ3n) is 3.64. The molecule has 3 aromatic rings. The van der Waals surface area contributed by atoms with Gasteiger partial charge in [-0.25, -0.2) is 8.42 Å². The van der Waals surface area contributed by atoms with Crippen LogP contribution in [-0.4, -0.2) is 8.42 Å². The van der Waals surface area contributed by atoms with Crippen molar-refractivity contribution in [2.24, 2.45) is 0 Å². The zero-order chi connectivity index (χ0) is 20.4. The maximum absolute atomic E-state index is 12.8. The van der Waals surface area contributed by atoms with Gasteiger partial charge in [0.25, 0.3) is 10.0 Å². The van der Waals surface area contributed by atoms with Gasteiger partial charge in [-0.05, 0) is 54.6 Å². The minimum absolute atomic E-state index is 0.128. The molecule has 0 radical (unpaired) electrons. The van der Waals surface area contributed by atoms with E-state index in [4.69, 9.17) is 16.3 Å². The lowest BCUT2D eigenvalue weighted by Gasteiger charge is -2.12. The average Bonchev–Trinajstić information content (AvgIpc) is 2.63. The molecule has 146 valence electrons. The second kappa shape index (κ2) is 7.73. The van der Waals surface area contributed by atoms with Crippen LogP contribution in [0.2, 0.25) is 5.02 Å². The minimum atomic E-state index is -4.57. The monoisotopic (exact) mass is 427 g/mol. The van der Waals surface area contributed by atoms with Crippen LogP contribution in [0.25, 0.3) is 0 Å². The van der Waals surface area contributed by atoms with Crippen molar-refractivity contribution >= 4 is 27.3 Å². The Bertz CT molecular complexity index is 1080. The Morgan fingerprint density at radius 2 is 1.57 bits per heavy atom. The fourth-order valence-corrected chi connectivity index (χ4v) is 3.54. The molecule has 0 aromatic heterocycles. The van der Waals surface area contributed by atoms with Gasteiger partial charge >= 0.3 is 6.18 Å². The summed E-state index contributed by atoms with van der Waals surface area (Å²) in [5.41, 5.74) is -1.14. The van der Waals surface area contributed by atoms with E-state index in [-0.39, 0.29) is 10.6 Å². The summed E-state index contributed by atoms with van der Waals surface area (Å²) in [6, 6.07) is 16.1. The second-order valence-electron chi connectivity index (χ2n) is 5.69. The Morgan fingerprint density at radius 1 is 0.893 bits per heavy atom. The van der Waals surface area contributed by atoms with Crippen molar-refractivity contribution in [1.82, 2.24) is 0 Å². The highest BCUT2D eigenvalue weighted by Gasteiger charge is 2.30. The molecule has 0 aliphatic rings. The van der Waals surface area contributed by atoms with Crippen molar-refractivity contribution in [3.63, 3.8) is 0 Å². The molecule has 0 saturated carbocycles. The van der Waals surface area contributed by atoms with E-state index in [1.54, 1.807) is 24.3 Å². The van der Waals surface area contributed by atoms with Crippen molar-refractivity contribution in [3.05, 3.63) is 83.4 Å². The summed E-state index contributed by atoms with van der Waals surface area (Å²) in [5.74, 6) is 0.757. The molecule has 9 heteroatoms. The van der Waals surface area contributed by atoms with Crippen molar-refractivity contribution in [3.8, 4) is 11.5 Å². The lowest BCUT2D eigenvalue weighted by molar-refractivity contribution is -0.137. The minimum Gasteiger partial charge on any atom is -0.456 e. The van der Waals surface area contributed by atoms with Crippen molar-refractivity contribution < 1.29 is 26.3 Å². The zero-order valence-corrected chi connectivity index (χ0v) is 15.6. The molecule has 0 bridgehead atoms. The SMILES string of the molecule is O=S(=O)(Nc1cccc(C(F)(F)F)c1)c1ccc(Oc2ccccc2Cl)cc1. The number of benzene rings is 3. The Morgan fingerprint density at radius 3 is 2.21 bits per heavy atom. The van der Waals surface area contributed by atoms with E-state index in [2.05, 4.69) is 4.72 Å². The van der Waals surface area contributed by atoms with Crippen LogP contribution in [0.4, 0.5) is 18.9 Å². The van der Waals surface area contributed by atoms with E-state index >= 15 is 0 Å². The summed E-state index contributed by atoms with van der Waals surface area (Å²) in [6.45, 7) is 0. The quantitative estimate of drug-likeness (QED) is 0.547. The summed E-state index contributed by atoms with van der Waals surface area (Å²) >= 11 is 6.00. The van der Waals surface area contributed by atoms with Crippen LogP contribution in [0.5, 0.6) is 11.5 Å². The van der Waals surface area contributed by atoms with Gasteiger partial charge < -0.3 is 4.74 Å². The molecule has 0 aliphatic carbocycles. The zero-order valence-electron chi connectivity index (χ0n) is 14.1. The number of para-hydroxylation sites is 1. The molecular formula is C19H13ClF3NO3S. The van der Waals surface area contributed by atoms with E-state index < -0.39 is 21.8 Å². The Labute approximate surface area is 164 Å². The number of alkyl halides is 3.